The first-order valence-corrected chi connectivity index (χ1v) is 16.7. The summed E-state index contributed by atoms with van der Waals surface area (Å²) < 4.78 is 31.4. The molecule has 0 aliphatic heterocycles. The van der Waals surface area contributed by atoms with Crippen molar-refractivity contribution in [3.05, 3.63) is 107 Å². The minimum Gasteiger partial charge on any atom is -0.428 e. The van der Waals surface area contributed by atoms with Gasteiger partial charge in [0.2, 0.25) is 0 Å². The normalized spacial score (nSPS) is 12.1. The van der Waals surface area contributed by atoms with Crippen LogP contribution >= 0.6 is 8.60 Å². The summed E-state index contributed by atoms with van der Waals surface area (Å²) in [4.78, 5) is 13.2. The summed E-state index contributed by atoms with van der Waals surface area (Å²) in [7, 11) is -1.98. The maximum atomic E-state index is 13.2. The lowest BCUT2D eigenvalue weighted by Crippen LogP contribution is -2.27. The van der Waals surface area contributed by atoms with Crippen LogP contribution in [0.2, 0.25) is 0 Å². The summed E-state index contributed by atoms with van der Waals surface area (Å²) in [5, 5.41) is 0. The van der Waals surface area contributed by atoms with Crippen LogP contribution in [0.25, 0.3) is 11.1 Å². The first-order chi connectivity index (χ1) is 21.4. The van der Waals surface area contributed by atoms with E-state index in [0.717, 1.165) is 27.8 Å². The van der Waals surface area contributed by atoms with Gasteiger partial charge >= 0.3 is 14.8 Å². The summed E-state index contributed by atoms with van der Waals surface area (Å²) in [6, 6.07) is 27.3. The van der Waals surface area contributed by atoms with E-state index in [0.29, 0.717) is 28.6 Å². The molecule has 7 heteroatoms. The van der Waals surface area contributed by atoms with E-state index in [1.54, 1.807) is 0 Å². The maximum absolute atomic E-state index is 13.2. The molecule has 0 unspecified atom stereocenters. The molecule has 0 atom stereocenters. The predicted molar refractivity (Wildman–Crippen MR) is 187 cm³/mol. The number of rotatable bonds is 8. The number of hydrogen-bond acceptors (Lipinski definition) is 6. The van der Waals surface area contributed by atoms with Gasteiger partial charge in [0.25, 0.3) is 0 Å². The first-order valence-electron chi connectivity index (χ1n) is 15.6. The van der Waals surface area contributed by atoms with Gasteiger partial charge in [0.1, 0.15) is 28.6 Å². The van der Waals surface area contributed by atoms with Gasteiger partial charge in [-0.1, -0.05) is 90.1 Å². The van der Waals surface area contributed by atoms with Crippen LogP contribution < -0.4 is 18.3 Å². The summed E-state index contributed by atoms with van der Waals surface area (Å²) in [5.41, 5.74) is 3.98. The van der Waals surface area contributed by atoms with Crippen molar-refractivity contribution in [1.29, 1.82) is 0 Å². The molecule has 46 heavy (non-hydrogen) atoms. The van der Waals surface area contributed by atoms with Gasteiger partial charge in [-0.2, -0.15) is 0 Å². The number of hydrogen-bond donors (Lipinski definition) is 0. The molecule has 244 valence electrons. The Labute approximate surface area is 276 Å². The molecule has 0 N–H and O–H groups in total. The summed E-state index contributed by atoms with van der Waals surface area (Å²) in [5.74, 6) is 2.26. The maximum Gasteiger partial charge on any atom is 0.530 e. The first kappa shape index (κ1) is 34.8. The second kappa shape index (κ2) is 13.8. The highest BCUT2D eigenvalue weighted by molar-refractivity contribution is 7.43. The van der Waals surface area contributed by atoms with Crippen molar-refractivity contribution in [2.24, 2.45) is 0 Å². The van der Waals surface area contributed by atoms with Crippen LogP contribution in [0.4, 0.5) is 4.79 Å². The fourth-order valence-corrected chi connectivity index (χ4v) is 5.93. The molecule has 6 nitrogen and oxygen atoms in total. The van der Waals surface area contributed by atoms with Crippen molar-refractivity contribution in [2.45, 2.75) is 92.6 Å². The molecule has 0 saturated carbocycles. The zero-order chi connectivity index (χ0) is 33.9. The third-order valence-corrected chi connectivity index (χ3v) is 8.01. The van der Waals surface area contributed by atoms with Crippen LogP contribution in [0, 0.1) is 13.8 Å². The highest BCUT2D eigenvalue weighted by Crippen LogP contribution is 2.52. The van der Waals surface area contributed by atoms with E-state index in [2.05, 4.69) is 66.7 Å². The number of carbonyl (C=O) groups is 1. The Hall–Kier alpha value is -4.02. The van der Waals surface area contributed by atoms with Crippen molar-refractivity contribution in [3.8, 4) is 34.1 Å². The molecule has 0 aromatic heterocycles. The Kier molecular flexibility index (Phi) is 10.4. The molecule has 4 aromatic carbocycles. The molecule has 4 rings (SSSR count). The van der Waals surface area contributed by atoms with E-state index in [1.165, 1.54) is 0 Å². The van der Waals surface area contributed by atoms with Crippen molar-refractivity contribution in [2.75, 3.05) is 0 Å². The molecule has 0 spiro atoms. The number of para-hydroxylation sites is 2. The van der Waals surface area contributed by atoms with Gasteiger partial charge in [0.05, 0.1) is 0 Å². The molecule has 0 fully saturated rings. The van der Waals surface area contributed by atoms with Gasteiger partial charge in [-0.3, -0.25) is 0 Å². The standard InChI is InChI=1S/C39H47O6P/c1-26-22-30(34(32(24-26)37(3,4)5)41-36(40)42-39(9,10)11)31-23-27(2)25-33(38(6,7)8)35(31)45-46(43-28-18-14-12-15-19-28)44-29-20-16-13-17-21-29/h12-25H,1-11H3. The number of ether oxygens (including phenoxy) is 2. The minimum atomic E-state index is -1.98. The van der Waals surface area contributed by atoms with Crippen LogP contribution in [0.5, 0.6) is 23.0 Å². The van der Waals surface area contributed by atoms with Gasteiger partial charge in [-0.25, -0.2) is 4.79 Å². The molecular weight excluding hydrogens is 595 g/mol. The topological polar surface area (TPSA) is 63.2 Å². The lowest BCUT2D eigenvalue weighted by atomic mass is 9.80. The molecule has 0 radical (unpaired) electrons. The Balaban J connectivity index is 1.97. The molecular formula is C39H47O6P. The minimum absolute atomic E-state index is 0.320. The quantitative estimate of drug-likeness (QED) is 0.108. The van der Waals surface area contributed by atoms with E-state index < -0.39 is 20.4 Å². The molecule has 0 amide bonds. The number of benzene rings is 4. The van der Waals surface area contributed by atoms with E-state index >= 15 is 0 Å². The third-order valence-electron chi connectivity index (χ3n) is 6.96. The Morgan fingerprint density at radius 2 is 0.978 bits per heavy atom. The van der Waals surface area contributed by atoms with Gasteiger partial charge in [-0.05, 0) is 93.0 Å². The van der Waals surface area contributed by atoms with E-state index in [-0.39, 0.29) is 10.8 Å². The Bertz CT molecular complexity index is 1600. The fraction of sp³-hybridized carbons (Fsp3) is 0.359. The zero-order valence-electron chi connectivity index (χ0n) is 29.0. The monoisotopic (exact) mass is 642 g/mol. The summed E-state index contributed by atoms with van der Waals surface area (Å²) in [6.07, 6.45) is -0.767. The lowest BCUT2D eigenvalue weighted by molar-refractivity contribution is 0.0204. The van der Waals surface area contributed by atoms with Crippen molar-refractivity contribution >= 4 is 14.8 Å². The average molecular weight is 643 g/mol. The van der Waals surface area contributed by atoms with Gasteiger partial charge in [-0.15, -0.1) is 0 Å². The van der Waals surface area contributed by atoms with E-state index in [1.807, 2.05) is 94.4 Å². The second-order valence-electron chi connectivity index (χ2n) is 14.6. The largest absolute Gasteiger partial charge is 0.530 e. The van der Waals surface area contributed by atoms with Gasteiger partial charge in [0.15, 0.2) is 0 Å². The number of carbonyl (C=O) groups excluding carboxylic acids is 1. The molecule has 4 aromatic rings. The lowest BCUT2D eigenvalue weighted by Gasteiger charge is -2.30. The fourth-order valence-electron chi connectivity index (χ4n) is 4.89. The smallest absolute Gasteiger partial charge is 0.428 e. The molecule has 0 heterocycles. The zero-order valence-corrected chi connectivity index (χ0v) is 29.9. The van der Waals surface area contributed by atoms with E-state index in [4.69, 9.17) is 23.0 Å². The Morgan fingerprint density at radius 1 is 0.565 bits per heavy atom. The van der Waals surface area contributed by atoms with Crippen molar-refractivity contribution in [1.82, 2.24) is 0 Å². The highest BCUT2D eigenvalue weighted by atomic mass is 31.2. The van der Waals surface area contributed by atoms with Crippen molar-refractivity contribution < 1.29 is 27.8 Å². The molecule has 0 saturated heterocycles. The third kappa shape index (κ3) is 9.26. The predicted octanol–water partition coefficient (Wildman–Crippen LogP) is 11.6. The summed E-state index contributed by atoms with van der Waals surface area (Å²) >= 11 is 0. The summed E-state index contributed by atoms with van der Waals surface area (Å²) in [6.45, 7) is 22.3. The molecule has 0 aliphatic rings. The average Bonchev–Trinajstić information content (AvgIpc) is 2.93. The Morgan fingerprint density at radius 3 is 1.39 bits per heavy atom. The molecule has 0 bridgehead atoms. The number of aryl methyl sites for hydroxylation is 2. The van der Waals surface area contributed by atoms with Crippen LogP contribution in [0.15, 0.2) is 84.9 Å². The van der Waals surface area contributed by atoms with Crippen LogP contribution in [-0.2, 0) is 15.6 Å². The SMILES string of the molecule is Cc1cc(-c2cc(C)cc(C(C)(C)C)c2OP(Oc2ccccc2)Oc2ccccc2)c(OC(=O)OC(C)(C)C)c(C(C)(C)C)c1. The van der Waals surface area contributed by atoms with Crippen LogP contribution in [-0.4, -0.2) is 11.8 Å². The van der Waals surface area contributed by atoms with E-state index in [9.17, 15) is 4.79 Å². The van der Waals surface area contributed by atoms with Crippen LogP contribution in [0.3, 0.4) is 0 Å². The van der Waals surface area contributed by atoms with Gasteiger partial charge < -0.3 is 23.0 Å². The van der Waals surface area contributed by atoms with Crippen molar-refractivity contribution in [3.63, 3.8) is 0 Å². The molecule has 0 aliphatic carbocycles. The van der Waals surface area contributed by atoms with Gasteiger partial charge in [0, 0.05) is 22.3 Å². The highest BCUT2D eigenvalue weighted by Gasteiger charge is 2.32. The van der Waals surface area contributed by atoms with Crippen LogP contribution in [0.1, 0.15) is 84.6 Å². The second-order valence-corrected chi connectivity index (χ2v) is 15.6.